The van der Waals surface area contributed by atoms with Gasteiger partial charge in [-0.1, -0.05) is 64.0 Å². The highest BCUT2D eigenvalue weighted by atomic mass is 16.3. The van der Waals surface area contributed by atoms with E-state index in [0.29, 0.717) is 12.2 Å². The fraction of sp³-hybridized carbons (Fsp3) is 0.682. The smallest absolute Gasteiger partial charge is 0.197 e. The van der Waals surface area contributed by atoms with Crippen LogP contribution in [0.1, 0.15) is 107 Å². The molecule has 0 spiro atoms. The lowest BCUT2D eigenvalue weighted by Gasteiger charge is -2.00. The SMILES string of the molecule is CCCCCCCCCC/C=C/CCCCC(=O)c1ccc(C)o1. The number of unbranched alkanes of at least 4 members (excludes halogenated alkanes) is 10. The monoisotopic (exact) mass is 332 g/mol. The van der Waals surface area contributed by atoms with Crippen molar-refractivity contribution in [3.05, 3.63) is 35.8 Å². The second-order valence-corrected chi connectivity index (χ2v) is 6.81. The minimum Gasteiger partial charge on any atom is -0.458 e. The van der Waals surface area contributed by atoms with Gasteiger partial charge in [-0.25, -0.2) is 0 Å². The summed E-state index contributed by atoms with van der Waals surface area (Å²) in [6.07, 6.45) is 20.6. The Labute approximate surface area is 148 Å². The highest BCUT2D eigenvalue weighted by Gasteiger charge is 2.08. The van der Waals surface area contributed by atoms with E-state index in [0.717, 1.165) is 25.0 Å². The Kier molecular flexibility index (Phi) is 12.2. The minimum atomic E-state index is 0.131. The summed E-state index contributed by atoms with van der Waals surface area (Å²) < 4.78 is 5.35. The second kappa shape index (κ2) is 14.1. The molecule has 2 heteroatoms. The van der Waals surface area contributed by atoms with Gasteiger partial charge >= 0.3 is 0 Å². The largest absolute Gasteiger partial charge is 0.458 e. The average Bonchev–Trinajstić information content (AvgIpc) is 3.01. The fourth-order valence-electron chi connectivity index (χ4n) is 2.89. The number of ketones is 1. The van der Waals surface area contributed by atoms with Crippen molar-refractivity contribution in [2.24, 2.45) is 0 Å². The zero-order chi connectivity index (χ0) is 17.5. The highest BCUT2D eigenvalue weighted by molar-refractivity contribution is 5.93. The van der Waals surface area contributed by atoms with Gasteiger partial charge < -0.3 is 4.42 Å². The zero-order valence-electron chi connectivity index (χ0n) is 15.8. The van der Waals surface area contributed by atoms with Crippen molar-refractivity contribution in [1.82, 2.24) is 0 Å². The summed E-state index contributed by atoms with van der Waals surface area (Å²) in [6, 6.07) is 3.63. The molecular formula is C22H36O2. The van der Waals surface area contributed by atoms with Crippen LogP contribution < -0.4 is 0 Å². The first-order chi connectivity index (χ1) is 11.7. The number of Topliss-reactive ketones (excluding diaryl/α,β-unsaturated/α-hetero) is 1. The Morgan fingerprint density at radius 1 is 0.875 bits per heavy atom. The van der Waals surface area contributed by atoms with Crippen LogP contribution in [-0.2, 0) is 0 Å². The van der Waals surface area contributed by atoms with Gasteiger partial charge in [-0.2, -0.15) is 0 Å². The van der Waals surface area contributed by atoms with Crippen LogP contribution in [0.2, 0.25) is 0 Å². The summed E-state index contributed by atoms with van der Waals surface area (Å²) in [4.78, 5) is 11.9. The third-order valence-electron chi connectivity index (χ3n) is 4.43. The van der Waals surface area contributed by atoms with Crippen LogP contribution in [0, 0.1) is 6.92 Å². The maximum Gasteiger partial charge on any atom is 0.197 e. The molecular weight excluding hydrogens is 296 g/mol. The van der Waals surface area contributed by atoms with Gasteiger partial charge in [0.2, 0.25) is 0 Å². The van der Waals surface area contributed by atoms with Gasteiger partial charge in [0, 0.05) is 6.42 Å². The molecule has 0 atom stereocenters. The quantitative estimate of drug-likeness (QED) is 0.190. The summed E-state index contributed by atoms with van der Waals surface area (Å²) in [7, 11) is 0. The van der Waals surface area contributed by atoms with Gasteiger partial charge in [-0.3, -0.25) is 4.79 Å². The molecule has 1 aromatic heterocycles. The first kappa shape index (κ1) is 20.7. The van der Waals surface area contributed by atoms with Gasteiger partial charge in [0.15, 0.2) is 11.5 Å². The Morgan fingerprint density at radius 2 is 1.46 bits per heavy atom. The average molecular weight is 333 g/mol. The number of allylic oxidation sites excluding steroid dienone is 2. The molecule has 1 rings (SSSR count). The van der Waals surface area contributed by atoms with E-state index in [9.17, 15) is 4.79 Å². The number of furan rings is 1. The van der Waals surface area contributed by atoms with Crippen LogP contribution in [0.15, 0.2) is 28.7 Å². The fourth-order valence-corrected chi connectivity index (χ4v) is 2.89. The third kappa shape index (κ3) is 10.5. The number of carbonyl (C=O) groups is 1. The lowest BCUT2D eigenvalue weighted by molar-refractivity contribution is 0.0951. The van der Waals surface area contributed by atoms with Gasteiger partial charge in [0.1, 0.15) is 5.76 Å². The predicted molar refractivity (Wildman–Crippen MR) is 103 cm³/mol. The van der Waals surface area contributed by atoms with Crippen molar-refractivity contribution in [1.29, 1.82) is 0 Å². The molecule has 0 aliphatic heterocycles. The van der Waals surface area contributed by atoms with Crippen LogP contribution in [0.3, 0.4) is 0 Å². The molecule has 0 saturated carbocycles. The van der Waals surface area contributed by atoms with Crippen molar-refractivity contribution in [2.75, 3.05) is 0 Å². The molecule has 0 radical (unpaired) electrons. The first-order valence-electron chi connectivity index (χ1n) is 9.98. The van der Waals surface area contributed by atoms with E-state index in [1.165, 1.54) is 57.8 Å². The Hall–Kier alpha value is -1.31. The second-order valence-electron chi connectivity index (χ2n) is 6.81. The van der Waals surface area contributed by atoms with Gasteiger partial charge in [0.05, 0.1) is 0 Å². The molecule has 0 bridgehead atoms. The molecule has 0 aromatic carbocycles. The van der Waals surface area contributed by atoms with Gasteiger partial charge in [-0.05, 0) is 51.2 Å². The molecule has 1 aromatic rings. The lowest BCUT2D eigenvalue weighted by atomic mass is 10.1. The van der Waals surface area contributed by atoms with Crippen molar-refractivity contribution in [3.63, 3.8) is 0 Å². The standard InChI is InChI=1S/C22H36O2/c1-3-4-5-6-7-8-9-10-11-12-13-14-15-16-17-21(23)22-19-18-20(2)24-22/h12-13,18-19H,3-11,14-17H2,1-2H3/b13-12+. The molecule has 0 unspecified atom stereocenters. The molecule has 0 fully saturated rings. The number of aryl methyl sites for hydroxylation is 1. The van der Waals surface area contributed by atoms with E-state index in [4.69, 9.17) is 4.42 Å². The molecule has 0 N–H and O–H groups in total. The van der Waals surface area contributed by atoms with Crippen LogP contribution in [0.4, 0.5) is 0 Å². The van der Waals surface area contributed by atoms with E-state index in [2.05, 4.69) is 19.1 Å². The van der Waals surface area contributed by atoms with Crippen molar-refractivity contribution in [3.8, 4) is 0 Å². The zero-order valence-corrected chi connectivity index (χ0v) is 15.8. The number of carbonyl (C=O) groups excluding carboxylic acids is 1. The van der Waals surface area contributed by atoms with Crippen LogP contribution >= 0.6 is 0 Å². The molecule has 2 nitrogen and oxygen atoms in total. The molecule has 0 aliphatic rings. The maximum atomic E-state index is 11.9. The van der Waals surface area contributed by atoms with E-state index in [-0.39, 0.29) is 5.78 Å². The van der Waals surface area contributed by atoms with Crippen molar-refractivity contribution < 1.29 is 9.21 Å². The van der Waals surface area contributed by atoms with Crippen LogP contribution in [0.25, 0.3) is 0 Å². The topological polar surface area (TPSA) is 30.2 Å². The molecule has 1 heterocycles. The number of rotatable bonds is 15. The Bertz CT molecular complexity index is 456. The summed E-state index contributed by atoms with van der Waals surface area (Å²) in [5.41, 5.74) is 0. The summed E-state index contributed by atoms with van der Waals surface area (Å²) in [5.74, 6) is 1.45. The Balaban J connectivity index is 1.87. The summed E-state index contributed by atoms with van der Waals surface area (Å²) in [5, 5.41) is 0. The predicted octanol–water partition coefficient (Wildman–Crippen LogP) is 7.42. The molecule has 24 heavy (non-hydrogen) atoms. The van der Waals surface area contributed by atoms with Gasteiger partial charge in [-0.15, -0.1) is 0 Å². The number of hydrogen-bond donors (Lipinski definition) is 0. The molecule has 0 amide bonds. The van der Waals surface area contributed by atoms with E-state index >= 15 is 0 Å². The third-order valence-corrected chi connectivity index (χ3v) is 4.43. The summed E-state index contributed by atoms with van der Waals surface area (Å²) >= 11 is 0. The Morgan fingerprint density at radius 3 is 2.04 bits per heavy atom. The highest BCUT2D eigenvalue weighted by Crippen LogP contribution is 2.12. The maximum absolute atomic E-state index is 11.9. The van der Waals surface area contributed by atoms with E-state index in [1.54, 1.807) is 6.07 Å². The van der Waals surface area contributed by atoms with Crippen LogP contribution in [0.5, 0.6) is 0 Å². The van der Waals surface area contributed by atoms with E-state index in [1.807, 2.05) is 13.0 Å². The molecule has 0 saturated heterocycles. The normalized spacial score (nSPS) is 11.4. The lowest BCUT2D eigenvalue weighted by Crippen LogP contribution is -1.96. The minimum absolute atomic E-state index is 0.131. The molecule has 0 aliphatic carbocycles. The molecule has 136 valence electrons. The van der Waals surface area contributed by atoms with Crippen molar-refractivity contribution >= 4 is 5.78 Å². The van der Waals surface area contributed by atoms with Crippen LogP contribution in [-0.4, -0.2) is 5.78 Å². The first-order valence-corrected chi connectivity index (χ1v) is 9.98. The van der Waals surface area contributed by atoms with Gasteiger partial charge in [0.25, 0.3) is 0 Å². The van der Waals surface area contributed by atoms with E-state index < -0.39 is 0 Å². The van der Waals surface area contributed by atoms with Crippen molar-refractivity contribution in [2.45, 2.75) is 97.3 Å². The summed E-state index contributed by atoms with van der Waals surface area (Å²) in [6.45, 7) is 4.14. The number of hydrogen-bond acceptors (Lipinski definition) is 2.